The van der Waals surface area contributed by atoms with Crippen molar-refractivity contribution in [2.24, 2.45) is 0 Å². The van der Waals surface area contributed by atoms with Gasteiger partial charge in [-0.05, 0) is 93.2 Å². The second kappa shape index (κ2) is 12.0. The number of benzene rings is 8. The van der Waals surface area contributed by atoms with Gasteiger partial charge in [-0.15, -0.1) is 0 Å². The Morgan fingerprint density at radius 2 is 0.918 bits per heavy atom. The number of furan rings is 1. The summed E-state index contributed by atoms with van der Waals surface area (Å²) >= 11 is 0. The molecule has 0 amide bonds. The summed E-state index contributed by atoms with van der Waals surface area (Å²) in [4.78, 5) is 2.35. The van der Waals surface area contributed by atoms with Gasteiger partial charge in [-0.1, -0.05) is 140 Å². The molecule has 0 bridgehead atoms. The Morgan fingerprint density at radius 3 is 1.67 bits per heavy atom. The van der Waals surface area contributed by atoms with Crippen molar-refractivity contribution in [3.05, 3.63) is 188 Å². The number of fused-ring (bicyclic) bond motifs is 4. The van der Waals surface area contributed by atoms with Gasteiger partial charge in [-0.2, -0.15) is 0 Å². The molecule has 1 heterocycles. The van der Waals surface area contributed by atoms with Gasteiger partial charge in [0.05, 0.1) is 0 Å². The van der Waals surface area contributed by atoms with E-state index in [1.165, 1.54) is 43.8 Å². The molecule has 0 N–H and O–H groups in total. The number of anilines is 3. The Hall–Kier alpha value is -6.38. The van der Waals surface area contributed by atoms with Crippen LogP contribution in [-0.2, 0) is 0 Å². The second-order valence-corrected chi connectivity index (χ2v) is 12.6. The van der Waals surface area contributed by atoms with E-state index in [0.29, 0.717) is 0 Å². The van der Waals surface area contributed by atoms with Gasteiger partial charge in [-0.25, -0.2) is 0 Å². The van der Waals surface area contributed by atoms with Gasteiger partial charge in [0, 0.05) is 33.6 Å². The zero-order chi connectivity index (χ0) is 32.7. The SMILES string of the molecule is Cc1c(-c2cccc(N(c3ccc(-c4ccc(-c5ccccc5)cc4)cc3)c3ccc4c(ccc5ccccc54)c3)c2)oc2ccccc12. The van der Waals surface area contributed by atoms with Crippen LogP contribution in [0.15, 0.2) is 186 Å². The van der Waals surface area contributed by atoms with Crippen LogP contribution in [0.25, 0.3) is 66.1 Å². The van der Waals surface area contributed by atoms with E-state index in [1.54, 1.807) is 0 Å². The number of rotatable bonds is 6. The first-order chi connectivity index (χ1) is 24.2. The lowest BCUT2D eigenvalue weighted by Gasteiger charge is -2.26. The van der Waals surface area contributed by atoms with Crippen molar-refractivity contribution < 1.29 is 4.42 Å². The molecule has 0 aliphatic heterocycles. The molecule has 0 aliphatic rings. The van der Waals surface area contributed by atoms with Crippen LogP contribution in [-0.4, -0.2) is 0 Å². The zero-order valence-corrected chi connectivity index (χ0v) is 27.2. The summed E-state index contributed by atoms with van der Waals surface area (Å²) in [5, 5.41) is 6.13. The minimum atomic E-state index is 0.905. The zero-order valence-electron chi connectivity index (χ0n) is 27.2. The third-order valence-corrected chi connectivity index (χ3v) is 9.65. The molecule has 0 saturated carbocycles. The Morgan fingerprint density at radius 1 is 0.367 bits per heavy atom. The highest BCUT2D eigenvalue weighted by Crippen LogP contribution is 2.41. The smallest absolute Gasteiger partial charge is 0.138 e. The Bertz CT molecular complexity index is 2600. The first kappa shape index (κ1) is 28.8. The second-order valence-electron chi connectivity index (χ2n) is 12.6. The van der Waals surface area contributed by atoms with Crippen molar-refractivity contribution in [1.29, 1.82) is 0 Å². The molecule has 0 spiro atoms. The van der Waals surface area contributed by atoms with E-state index >= 15 is 0 Å². The standard InChI is InChI=1S/C47H33NO/c1-32-43-15-7-8-17-46(43)49-47(32)39-13-9-14-41(31-39)48(42-28-29-45-38(30-42)23-22-37-12-5-6-16-44(37)45)40-26-24-36(25-27-40)35-20-18-34(19-21-35)33-10-3-2-4-11-33/h2-31H,1H3. The highest BCUT2D eigenvalue weighted by Gasteiger charge is 2.18. The van der Waals surface area contributed by atoms with Crippen LogP contribution in [0.1, 0.15) is 5.56 Å². The molecule has 0 saturated heterocycles. The predicted octanol–water partition coefficient (Wildman–Crippen LogP) is 13.5. The van der Waals surface area contributed by atoms with Crippen molar-refractivity contribution in [3.63, 3.8) is 0 Å². The summed E-state index contributed by atoms with van der Waals surface area (Å²) in [6.45, 7) is 2.14. The Kier molecular flexibility index (Phi) is 7.06. The molecule has 2 heteroatoms. The molecular weight excluding hydrogens is 595 g/mol. The van der Waals surface area contributed by atoms with E-state index in [-0.39, 0.29) is 0 Å². The highest BCUT2D eigenvalue weighted by molar-refractivity contribution is 6.08. The summed E-state index contributed by atoms with van der Waals surface area (Å²) in [5.74, 6) is 0.905. The average Bonchev–Trinajstić information content (AvgIpc) is 3.51. The molecule has 0 unspecified atom stereocenters. The van der Waals surface area contributed by atoms with Gasteiger partial charge in [0.25, 0.3) is 0 Å². The van der Waals surface area contributed by atoms with Crippen LogP contribution >= 0.6 is 0 Å². The van der Waals surface area contributed by atoms with Gasteiger partial charge < -0.3 is 9.32 Å². The topological polar surface area (TPSA) is 16.4 Å². The molecule has 0 radical (unpaired) electrons. The molecule has 8 aromatic carbocycles. The largest absolute Gasteiger partial charge is 0.456 e. The van der Waals surface area contributed by atoms with Crippen molar-refractivity contribution >= 4 is 49.6 Å². The van der Waals surface area contributed by atoms with Crippen LogP contribution in [0.4, 0.5) is 17.1 Å². The molecule has 232 valence electrons. The highest BCUT2D eigenvalue weighted by atomic mass is 16.3. The fraction of sp³-hybridized carbons (Fsp3) is 0.0213. The Labute approximate surface area is 286 Å². The molecule has 9 aromatic rings. The molecule has 0 atom stereocenters. The number of hydrogen-bond acceptors (Lipinski definition) is 2. The number of hydrogen-bond donors (Lipinski definition) is 0. The third kappa shape index (κ3) is 5.24. The van der Waals surface area contributed by atoms with Gasteiger partial charge >= 0.3 is 0 Å². The monoisotopic (exact) mass is 627 g/mol. The van der Waals surface area contributed by atoms with Crippen LogP contribution in [0.3, 0.4) is 0 Å². The van der Waals surface area contributed by atoms with Crippen molar-refractivity contribution in [2.75, 3.05) is 4.90 Å². The van der Waals surface area contributed by atoms with E-state index in [0.717, 1.165) is 44.9 Å². The lowest BCUT2D eigenvalue weighted by atomic mass is 9.99. The van der Waals surface area contributed by atoms with E-state index in [2.05, 4.69) is 182 Å². The quantitative estimate of drug-likeness (QED) is 0.171. The predicted molar refractivity (Wildman–Crippen MR) is 207 cm³/mol. The first-order valence-electron chi connectivity index (χ1n) is 16.8. The molecule has 1 aromatic heterocycles. The molecule has 0 fully saturated rings. The van der Waals surface area contributed by atoms with Gasteiger partial charge in [-0.3, -0.25) is 0 Å². The normalized spacial score (nSPS) is 11.4. The summed E-state index contributed by atoms with van der Waals surface area (Å²) in [6.07, 6.45) is 0. The summed E-state index contributed by atoms with van der Waals surface area (Å²) < 4.78 is 6.41. The van der Waals surface area contributed by atoms with E-state index in [9.17, 15) is 0 Å². The van der Waals surface area contributed by atoms with Crippen molar-refractivity contribution in [2.45, 2.75) is 6.92 Å². The maximum Gasteiger partial charge on any atom is 0.138 e. The van der Waals surface area contributed by atoms with Gasteiger partial charge in [0.15, 0.2) is 0 Å². The fourth-order valence-electron chi connectivity index (χ4n) is 7.11. The first-order valence-corrected chi connectivity index (χ1v) is 16.8. The van der Waals surface area contributed by atoms with E-state index in [1.807, 2.05) is 12.1 Å². The van der Waals surface area contributed by atoms with Crippen LogP contribution in [0.5, 0.6) is 0 Å². The molecular formula is C47H33NO. The van der Waals surface area contributed by atoms with Gasteiger partial charge in [0.2, 0.25) is 0 Å². The maximum absolute atomic E-state index is 6.41. The maximum atomic E-state index is 6.41. The summed E-state index contributed by atoms with van der Waals surface area (Å²) in [6, 6.07) is 65.1. The number of nitrogens with zero attached hydrogens (tertiary/aromatic N) is 1. The minimum Gasteiger partial charge on any atom is -0.456 e. The van der Waals surface area contributed by atoms with Gasteiger partial charge in [0.1, 0.15) is 11.3 Å². The lowest BCUT2D eigenvalue weighted by molar-refractivity contribution is 0.629. The molecule has 49 heavy (non-hydrogen) atoms. The average molecular weight is 628 g/mol. The number of aryl methyl sites for hydroxylation is 1. The van der Waals surface area contributed by atoms with E-state index in [4.69, 9.17) is 4.42 Å². The van der Waals surface area contributed by atoms with E-state index < -0.39 is 0 Å². The lowest BCUT2D eigenvalue weighted by Crippen LogP contribution is -2.10. The van der Waals surface area contributed by atoms with Crippen molar-refractivity contribution in [3.8, 4) is 33.6 Å². The fourth-order valence-corrected chi connectivity index (χ4v) is 7.11. The summed E-state index contributed by atoms with van der Waals surface area (Å²) in [5.41, 5.74) is 11.2. The van der Waals surface area contributed by atoms with Crippen LogP contribution in [0, 0.1) is 6.92 Å². The third-order valence-electron chi connectivity index (χ3n) is 9.65. The van der Waals surface area contributed by atoms with Crippen LogP contribution in [0.2, 0.25) is 0 Å². The minimum absolute atomic E-state index is 0.905. The molecule has 2 nitrogen and oxygen atoms in total. The molecule has 9 rings (SSSR count). The summed E-state index contributed by atoms with van der Waals surface area (Å²) in [7, 11) is 0. The van der Waals surface area contributed by atoms with Crippen molar-refractivity contribution in [1.82, 2.24) is 0 Å². The molecule has 0 aliphatic carbocycles. The number of para-hydroxylation sites is 1. The Balaban J connectivity index is 1.14. The van der Waals surface area contributed by atoms with Crippen LogP contribution < -0.4 is 4.90 Å².